The van der Waals surface area contributed by atoms with Gasteiger partial charge < -0.3 is 15.3 Å². The van der Waals surface area contributed by atoms with Gasteiger partial charge in [-0.3, -0.25) is 9.59 Å². The number of carbonyl (C=O) groups excluding carboxylic acids is 2. The molecule has 2 aromatic carbocycles. The van der Waals surface area contributed by atoms with E-state index in [9.17, 15) is 19.5 Å². The maximum atomic E-state index is 12.9. The lowest BCUT2D eigenvalue weighted by Crippen LogP contribution is -2.48. The van der Waals surface area contributed by atoms with Gasteiger partial charge in [0.25, 0.3) is 5.91 Å². The van der Waals surface area contributed by atoms with Crippen molar-refractivity contribution in [3.8, 4) is 0 Å². The van der Waals surface area contributed by atoms with Crippen molar-refractivity contribution in [3.05, 3.63) is 70.8 Å². The van der Waals surface area contributed by atoms with Crippen LogP contribution in [0.1, 0.15) is 34.0 Å². The first kappa shape index (κ1) is 17.7. The van der Waals surface area contributed by atoms with Crippen LogP contribution in [-0.4, -0.2) is 33.8 Å². The first-order valence-electron chi connectivity index (χ1n) is 8.39. The second-order valence-corrected chi connectivity index (χ2v) is 6.37. The molecule has 0 spiro atoms. The zero-order valence-electron chi connectivity index (χ0n) is 14.4. The number of carboxylic acids is 1. The standard InChI is InChI=1S/C20H20N2O4/c1-13(23)21-11-14-6-8-15(9-7-14)19(24)22-12-17-5-3-2-4-16(17)10-18(22)20(25)26/h2-9,18H,10-12H2,1H3,(H,21,23)(H,25,26). The first-order valence-corrected chi connectivity index (χ1v) is 8.39. The predicted octanol–water partition coefficient (Wildman–Crippen LogP) is 1.97. The van der Waals surface area contributed by atoms with E-state index in [0.29, 0.717) is 18.5 Å². The number of fused-ring (bicyclic) bond motifs is 1. The van der Waals surface area contributed by atoms with Gasteiger partial charge in [0, 0.05) is 32.0 Å². The fraction of sp³-hybridized carbons (Fsp3) is 0.250. The monoisotopic (exact) mass is 352 g/mol. The van der Waals surface area contributed by atoms with Crippen LogP contribution in [0.4, 0.5) is 0 Å². The molecule has 0 aliphatic carbocycles. The Morgan fingerprint density at radius 2 is 1.73 bits per heavy atom. The van der Waals surface area contributed by atoms with Crippen molar-refractivity contribution in [3.63, 3.8) is 0 Å². The van der Waals surface area contributed by atoms with Crippen LogP contribution >= 0.6 is 0 Å². The van der Waals surface area contributed by atoms with Gasteiger partial charge in [0.1, 0.15) is 6.04 Å². The van der Waals surface area contributed by atoms with Crippen LogP contribution < -0.4 is 5.32 Å². The lowest BCUT2D eigenvalue weighted by Gasteiger charge is -2.34. The molecule has 0 bridgehead atoms. The molecule has 1 unspecified atom stereocenters. The van der Waals surface area contributed by atoms with E-state index >= 15 is 0 Å². The molecule has 0 saturated heterocycles. The van der Waals surface area contributed by atoms with Crippen LogP contribution in [0.3, 0.4) is 0 Å². The van der Waals surface area contributed by atoms with Gasteiger partial charge in [-0.05, 0) is 28.8 Å². The topological polar surface area (TPSA) is 86.7 Å². The van der Waals surface area contributed by atoms with Gasteiger partial charge in [-0.1, -0.05) is 36.4 Å². The summed E-state index contributed by atoms with van der Waals surface area (Å²) in [5.41, 5.74) is 3.24. The highest BCUT2D eigenvalue weighted by Crippen LogP contribution is 2.25. The van der Waals surface area contributed by atoms with E-state index in [-0.39, 0.29) is 18.4 Å². The normalized spacial score (nSPS) is 15.9. The maximum Gasteiger partial charge on any atom is 0.326 e. The fourth-order valence-electron chi connectivity index (χ4n) is 3.11. The lowest BCUT2D eigenvalue weighted by atomic mass is 9.93. The molecule has 0 aromatic heterocycles. The zero-order valence-corrected chi connectivity index (χ0v) is 14.4. The predicted molar refractivity (Wildman–Crippen MR) is 95.4 cm³/mol. The van der Waals surface area contributed by atoms with Crippen molar-refractivity contribution in [2.75, 3.05) is 0 Å². The van der Waals surface area contributed by atoms with E-state index in [2.05, 4.69) is 5.32 Å². The van der Waals surface area contributed by atoms with Gasteiger partial charge >= 0.3 is 5.97 Å². The molecule has 26 heavy (non-hydrogen) atoms. The summed E-state index contributed by atoms with van der Waals surface area (Å²) in [5, 5.41) is 12.3. The molecule has 1 aliphatic heterocycles. The second-order valence-electron chi connectivity index (χ2n) is 6.37. The minimum atomic E-state index is -1.00. The third-order valence-electron chi connectivity index (χ3n) is 4.54. The number of carboxylic acid groups (broad SMARTS) is 1. The number of nitrogens with one attached hydrogen (secondary N) is 1. The lowest BCUT2D eigenvalue weighted by molar-refractivity contribution is -0.142. The first-order chi connectivity index (χ1) is 12.5. The number of amides is 2. The molecule has 2 N–H and O–H groups in total. The van der Waals surface area contributed by atoms with Gasteiger partial charge in [0.2, 0.25) is 5.91 Å². The number of hydrogen-bond acceptors (Lipinski definition) is 3. The van der Waals surface area contributed by atoms with Gasteiger partial charge in [-0.15, -0.1) is 0 Å². The van der Waals surface area contributed by atoms with Crippen molar-refractivity contribution in [1.29, 1.82) is 0 Å². The van der Waals surface area contributed by atoms with Crippen molar-refractivity contribution in [2.24, 2.45) is 0 Å². The SMILES string of the molecule is CC(=O)NCc1ccc(C(=O)N2Cc3ccccc3CC2C(=O)O)cc1. The third-order valence-corrected chi connectivity index (χ3v) is 4.54. The Morgan fingerprint density at radius 3 is 2.35 bits per heavy atom. The second kappa shape index (κ2) is 7.39. The largest absolute Gasteiger partial charge is 0.480 e. The zero-order chi connectivity index (χ0) is 18.7. The van der Waals surface area contributed by atoms with Crippen LogP contribution in [-0.2, 0) is 29.1 Å². The van der Waals surface area contributed by atoms with Crippen LogP contribution in [0.5, 0.6) is 0 Å². The van der Waals surface area contributed by atoms with Crippen molar-refractivity contribution >= 4 is 17.8 Å². The molecule has 6 nitrogen and oxygen atoms in total. The highest BCUT2D eigenvalue weighted by molar-refractivity contribution is 5.97. The third kappa shape index (κ3) is 3.74. The van der Waals surface area contributed by atoms with Crippen molar-refractivity contribution in [2.45, 2.75) is 32.5 Å². The molecule has 134 valence electrons. The van der Waals surface area contributed by atoms with Gasteiger partial charge in [-0.25, -0.2) is 4.79 Å². The summed E-state index contributed by atoms with van der Waals surface area (Å²) < 4.78 is 0. The summed E-state index contributed by atoms with van der Waals surface area (Å²) in [6.45, 7) is 2.11. The Bertz CT molecular complexity index is 845. The molecule has 1 atom stereocenters. The smallest absolute Gasteiger partial charge is 0.326 e. The van der Waals surface area contributed by atoms with Crippen LogP contribution in [0, 0.1) is 0 Å². The van der Waals surface area contributed by atoms with Crippen LogP contribution in [0.25, 0.3) is 0 Å². The summed E-state index contributed by atoms with van der Waals surface area (Å²) in [7, 11) is 0. The van der Waals surface area contributed by atoms with E-state index in [4.69, 9.17) is 0 Å². The number of hydrogen-bond donors (Lipinski definition) is 2. The van der Waals surface area contributed by atoms with Gasteiger partial charge in [0.05, 0.1) is 0 Å². The quantitative estimate of drug-likeness (QED) is 0.881. The summed E-state index contributed by atoms with van der Waals surface area (Å²) in [6.07, 6.45) is 0.303. The molecule has 1 aliphatic rings. The summed E-state index contributed by atoms with van der Waals surface area (Å²) in [4.78, 5) is 37.0. The highest BCUT2D eigenvalue weighted by Gasteiger charge is 2.34. The minimum Gasteiger partial charge on any atom is -0.480 e. The Balaban J connectivity index is 1.81. The minimum absolute atomic E-state index is 0.124. The molecule has 0 saturated carbocycles. The molecule has 0 radical (unpaired) electrons. The summed E-state index contributed by atoms with van der Waals surface area (Å²) in [6, 6.07) is 13.6. The van der Waals surface area contributed by atoms with E-state index in [1.165, 1.54) is 11.8 Å². The maximum absolute atomic E-state index is 12.9. The average molecular weight is 352 g/mol. The van der Waals surface area contributed by atoms with E-state index in [1.54, 1.807) is 24.3 Å². The van der Waals surface area contributed by atoms with E-state index < -0.39 is 12.0 Å². The molecule has 2 aromatic rings. The number of carbonyl (C=O) groups is 3. The molecular weight excluding hydrogens is 332 g/mol. The van der Waals surface area contributed by atoms with E-state index in [0.717, 1.165) is 16.7 Å². The molecule has 3 rings (SSSR count). The number of rotatable bonds is 4. The molecule has 6 heteroatoms. The van der Waals surface area contributed by atoms with Crippen molar-refractivity contribution < 1.29 is 19.5 Å². The van der Waals surface area contributed by atoms with Crippen molar-refractivity contribution in [1.82, 2.24) is 10.2 Å². The Morgan fingerprint density at radius 1 is 1.08 bits per heavy atom. The average Bonchev–Trinajstić information content (AvgIpc) is 2.65. The molecule has 1 heterocycles. The fourth-order valence-corrected chi connectivity index (χ4v) is 3.11. The Hall–Kier alpha value is -3.15. The highest BCUT2D eigenvalue weighted by atomic mass is 16.4. The van der Waals surface area contributed by atoms with E-state index in [1.807, 2.05) is 24.3 Å². The summed E-state index contributed by atoms with van der Waals surface area (Å²) in [5.74, 6) is -1.44. The molecule has 2 amide bonds. The van der Waals surface area contributed by atoms with Gasteiger partial charge in [0.15, 0.2) is 0 Å². The number of nitrogens with zero attached hydrogens (tertiary/aromatic N) is 1. The van der Waals surface area contributed by atoms with Crippen LogP contribution in [0.2, 0.25) is 0 Å². The Labute approximate surface area is 151 Å². The molecule has 0 fully saturated rings. The van der Waals surface area contributed by atoms with Crippen LogP contribution in [0.15, 0.2) is 48.5 Å². The number of aliphatic carboxylic acids is 1. The summed E-state index contributed by atoms with van der Waals surface area (Å²) >= 11 is 0. The Kier molecular flexibility index (Phi) is 5.02. The van der Waals surface area contributed by atoms with Gasteiger partial charge in [-0.2, -0.15) is 0 Å². The number of benzene rings is 2. The molecular formula is C20H20N2O4.